The zero-order valence-corrected chi connectivity index (χ0v) is 11.1. The Kier molecular flexibility index (Phi) is 3.06. The van der Waals surface area contributed by atoms with E-state index >= 15 is 0 Å². The molecule has 1 N–H and O–H groups in total. The van der Waals surface area contributed by atoms with Crippen molar-refractivity contribution in [3.8, 4) is 5.75 Å². The summed E-state index contributed by atoms with van der Waals surface area (Å²) in [4.78, 5) is 34.5. The molecule has 1 aliphatic rings. The number of fused-ring (bicyclic) bond motifs is 1. The summed E-state index contributed by atoms with van der Waals surface area (Å²) >= 11 is 0. The standard InChI is InChI=1S/C16H9NO5/c18-14-6-5-9(8-13(14)17(21)22)7-12-15(19)10-3-1-2-4-11(10)16(12)20/h1-8,18H. The van der Waals surface area contributed by atoms with Gasteiger partial charge in [0.25, 0.3) is 0 Å². The fourth-order valence-electron chi connectivity index (χ4n) is 2.35. The monoisotopic (exact) mass is 295 g/mol. The normalized spacial score (nSPS) is 13.2. The van der Waals surface area contributed by atoms with Gasteiger partial charge in [-0.1, -0.05) is 30.3 Å². The van der Waals surface area contributed by atoms with Gasteiger partial charge in [0.2, 0.25) is 0 Å². The summed E-state index contributed by atoms with van der Waals surface area (Å²) in [7, 11) is 0. The minimum absolute atomic E-state index is 0.0406. The van der Waals surface area contributed by atoms with Gasteiger partial charge in [-0.3, -0.25) is 19.7 Å². The number of rotatable bonds is 2. The number of aromatic hydroxyl groups is 1. The van der Waals surface area contributed by atoms with Crippen LogP contribution < -0.4 is 0 Å². The Balaban J connectivity index is 2.08. The molecule has 6 nitrogen and oxygen atoms in total. The Morgan fingerprint density at radius 1 is 1.00 bits per heavy atom. The lowest BCUT2D eigenvalue weighted by Crippen LogP contribution is -2.00. The number of carbonyl (C=O) groups is 2. The minimum Gasteiger partial charge on any atom is -0.502 e. The Bertz CT molecular complexity index is 830. The molecule has 0 aliphatic heterocycles. The highest BCUT2D eigenvalue weighted by Gasteiger charge is 2.32. The highest BCUT2D eigenvalue weighted by molar-refractivity contribution is 6.41. The number of allylic oxidation sites excluding steroid dienone is 1. The van der Waals surface area contributed by atoms with E-state index in [2.05, 4.69) is 0 Å². The summed E-state index contributed by atoms with van der Waals surface area (Å²) in [6.45, 7) is 0. The van der Waals surface area contributed by atoms with Crippen molar-refractivity contribution in [2.45, 2.75) is 0 Å². The second-order valence-electron chi connectivity index (χ2n) is 4.77. The lowest BCUT2D eigenvalue weighted by Gasteiger charge is -1.99. The van der Waals surface area contributed by atoms with Crippen molar-refractivity contribution in [1.82, 2.24) is 0 Å². The molecule has 0 amide bonds. The zero-order chi connectivity index (χ0) is 15.9. The predicted octanol–water partition coefficient (Wildman–Crippen LogP) is 2.76. The minimum atomic E-state index is -0.732. The highest BCUT2D eigenvalue weighted by Crippen LogP contribution is 2.30. The van der Waals surface area contributed by atoms with Crippen LogP contribution in [0.3, 0.4) is 0 Å². The van der Waals surface area contributed by atoms with Gasteiger partial charge in [0, 0.05) is 17.2 Å². The molecule has 0 saturated heterocycles. The van der Waals surface area contributed by atoms with E-state index in [0.717, 1.165) is 12.1 Å². The Labute approximate surface area is 124 Å². The van der Waals surface area contributed by atoms with Crippen LogP contribution in [-0.4, -0.2) is 21.6 Å². The first-order chi connectivity index (χ1) is 10.5. The third-order valence-electron chi connectivity index (χ3n) is 3.41. The van der Waals surface area contributed by atoms with E-state index in [9.17, 15) is 24.8 Å². The first kappa shape index (κ1) is 13.7. The van der Waals surface area contributed by atoms with Crippen LogP contribution in [0.15, 0.2) is 48.0 Å². The van der Waals surface area contributed by atoms with E-state index in [-0.39, 0.29) is 5.57 Å². The first-order valence-electron chi connectivity index (χ1n) is 6.36. The molecule has 6 heteroatoms. The Morgan fingerprint density at radius 2 is 1.59 bits per heavy atom. The van der Waals surface area contributed by atoms with Gasteiger partial charge in [-0.15, -0.1) is 0 Å². The average Bonchev–Trinajstić information content (AvgIpc) is 2.74. The van der Waals surface area contributed by atoms with Gasteiger partial charge in [0.05, 0.1) is 10.5 Å². The predicted molar refractivity (Wildman–Crippen MR) is 77.8 cm³/mol. The Hall–Kier alpha value is -3.28. The second-order valence-corrected chi connectivity index (χ2v) is 4.77. The molecule has 2 aromatic rings. The molecule has 22 heavy (non-hydrogen) atoms. The quantitative estimate of drug-likeness (QED) is 0.397. The van der Waals surface area contributed by atoms with Gasteiger partial charge in [0.15, 0.2) is 17.3 Å². The molecule has 0 saturated carbocycles. The van der Waals surface area contributed by atoms with Gasteiger partial charge >= 0.3 is 5.69 Å². The van der Waals surface area contributed by atoms with Crippen LogP contribution in [0.4, 0.5) is 5.69 Å². The number of nitro benzene ring substituents is 1. The summed E-state index contributed by atoms with van der Waals surface area (Å²) in [5, 5.41) is 20.2. The highest BCUT2D eigenvalue weighted by atomic mass is 16.6. The molecule has 0 heterocycles. The maximum Gasteiger partial charge on any atom is 0.311 e. The van der Waals surface area contributed by atoms with Crippen LogP contribution in [0.5, 0.6) is 5.75 Å². The molecule has 0 fully saturated rings. The number of nitro groups is 1. The molecule has 3 rings (SSSR count). The fourth-order valence-corrected chi connectivity index (χ4v) is 2.35. The van der Waals surface area contributed by atoms with Crippen molar-refractivity contribution < 1.29 is 19.6 Å². The van der Waals surface area contributed by atoms with E-state index in [1.807, 2.05) is 0 Å². The molecule has 0 radical (unpaired) electrons. The van der Waals surface area contributed by atoms with Gasteiger partial charge in [-0.2, -0.15) is 0 Å². The smallest absolute Gasteiger partial charge is 0.311 e. The van der Waals surface area contributed by atoms with E-state index in [1.54, 1.807) is 24.3 Å². The number of carbonyl (C=O) groups excluding carboxylic acids is 2. The summed E-state index contributed by atoms with van der Waals surface area (Å²) in [5.74, 6) is -1.29. The average molecular weight is 295 g/mol. The van der Waals surface area contributed by atoms with Crippen LogP contribution in [0, 0.1) is 10.1 Å². The number of hydrogen-bond donors (Lipinski definition) is 1. The molecule has 1 aliphatic carbocycles. The molecular formula is C16H9NO5. The van der Waals surface area contributed by atoms with E-state index < -0.39 is 27.9 Å². The van der Waals surface area contributed by atoms with Gasteiger partial charge in [-0.05, 0) is 17.7 Å². The van der Waals surface area contributed by atoms with E-state index in [1.165, 1.54) is 12.1 Å². The van der Waals surface area contributed by atoms with Crippen molar-refractivity contribution in [3.63, 3.8) is 0 Å². The lowest BCUT2D eigenvalue weighted by atomic mass is 10.1. The maximum absolute atomic E-state index is 12.2. The molecule has 2 aromatic carbocycles. The summed E-state index contributed by atoms with van der Waals surface area (Å²) in [5.41, 5.74) is 0.430. The number of Topliss-reactive ketones (excluding diaryl/α,β-unsaturated/α-hetero) is 2. The number of nitrogens with zero attached hydrogens (tertiary/aromatic N) is 1. The number of phenolic OH excluding ortho intramolecular Hbond substituents is 1. The van der Waals surface area contributed by atoms with E-state index in [0.29, 0.717) is 16.7 Å². The number of phenols is 1. The third kappa shape index (κ3) is 2.07. The van der Waals surface area contributed by atoms with Crippen LogP contribution in [0.2, 0.25) is 0 Å². The molecule has 0 bridgehead atoms. The second kappa shape index (κ2) is 4.92. The van der Waals surface area contributed by atoms with Crippen molar-refractivity contribution in [2.75, 3.05) is 0 Å². The van der Waals surface area contributed by atoms with Crippen molar-refractivity contribution in [3.05, 3.63) is 74.8 Å². The summed E-state index contributed by atoms with van der Waals surface area (Å²) in [6, 6.07) is 10.1. The number of benzene rings is 2. The fraction of sp³-hybridized carbons (Fsp3) is 0. The summed E-state index contributed by atoms with van der Waals surface area (Å²) < 4.78 is 0. The Morgan fingerprint density at radius 3 is 2.14 bits per heavy atom. The third-order valence-corrected chi connectivity index (χ3v) is 3.41. The first-order valence-corrected chi connectivity index (χ1v) is 6.36. The molecule has 0 unspecified atom stereocenters. The van der Waals surface area contributed by atoms with Crippen LogP contribution in [0.25, 0.3) is 6.08 Å². The number of ketones is 2. The molecule has 0 spiro atoms. The largest absolute Gasteiger partial charge is 0.502 e. The van der Waals surface area contributed by atoms with Crippen LogP contribution >= 0.6 is 0 Å². The maximum atomic E-state index is 12.2. The van der Waals surface area contributed by atoms with Gasteiger partial charge in [-0.25, -0.2) is 0 Å². The number of hydrogen-bond acceptors (Lipinski definition) is 5. The lowest BCUT2D eigenvalue weighted by molar-refractivity contribution is -0.385. The van der Waals surface area contributed by atoms with Crippen LogP contribution in [-0.2, 0) is 0 Å². The summed E-state index contributed by atoms with van der Waals surface area (Å²) in [6.07, 6.45) is 1.30. The van der Waals surface area contributed by atoms with Crippen molar-refractivity contribution >= 4 is 23.3 Å². The van der Waals surface area contributed by atoms with Crippen LogP contribution in [0.1, 0.15) is 26.3 Å². The molecule has 0 atom stereocenters. The topological polar surface area (TPSA) is 97.5 Å². The molecule has 0 aromatic heterocycles. The van der Waals surface area contributed by atoms with Gasteiger partial charge in [0.1, 0.15) is 0 Å². The zero-order valence-electron chi connectivity index (χ0n) is 11.1. The van der Waals surface area contributed by atoms with Crippen molar-refractivity contribution in [1.29, 1.82) is 0 Å². The van der Waals surface area contributed by atoms with Gasteiger partial charge < -0.3 is 5.11 Å². The van der Waals surface area contributed by atoms with E-state index in [4.69, 9.17) is 0 Å². The SMILES string of the molecule is O=C1C(=Cc2ccc(O)c([N+](=O)[O-])c2)C(=O)c2ccccc21. The molecular weight excluding hydrogens is 286 g/mol. The van der Waals surface area contributed by atoms with Crippen molar-refractivity contribution in [2.24, 2.45) is 0 Å². The molecule has 108 valence electrons.